The zero-order valence-corrected chi connectivity index (χ0v) is 26.8. The number of fused-ring (bicyclic) bond motifs is 2. The van der Waals surface area contributed by atoms with Crippen molar-refractivity contribution in [3.05, 3.63) is 65.6 Å². The number of nitrogens with one attached hydrogen (secondary N) is 1. The molecule has 0 radical (unpaired) electrons. The summed E-state index contributed by atoms with van der Waals surface area (Å²) < 4.78 is 22.6. The summed E-state index contributed by atoms with van der Waals surface area (Å²) in [7, 11) is 1.86. The highest BCUT2D eigenvalue weighted by molar-refractivity contribution is 6.08. The number of halogens is 1. The third kappa shape index (κ3) is 8.57. The molecule has 3 aromatic rings. The number of benzene rings is 2. The normalized spacial score (nSPS) is 15.5. The van der Waals surface area contributed by atoms with Crippen LogP contribution in [0.25, 0.3) is 0 Å². The number of amides is 1. The highest BCUT2D eigenvalue weighted by Gasteiger charge is 2.27. The Bertz CT molecular complexity index is 1340. The fraction of sp³-hybridized carbons (Fsp3) is 0.529. The smallest absolute Gasteiger partial charge is 0.258 e. The number of aryl methyl sites for hydroxylation is 1. The van der Waals surface area contributed by atoms with Gasteiger partial charge in [0.1, 0.15) is 5.82 Å². The molecule has 1 N–H and O–H groups in total. The fourth-order valence-electron chi connectivity index (χ4n) is 5.40. The maximum atomic E-state index is 15.0. The number of ether oxygens (including phenoxy) is 1. The first kappa shape index (κ1) is 32.5. The zero-order chi connectivity index (χ0) is 31.0. The molecule has 2 aliphatic heterocycles. The van der Waals surface area contributed by atoms with E-state index in [1.807, 2.05) is 45.2 Å². The van der Waals surface area contributed by atoms with Crippen molar-refractivity contribution in [2.24, 2.45) is 12.5 Å². The average molecular weight is 593 g/mol. The molecule has 2 aromatic carbocycles. The molecular weight excluding hydrogens is 543 g/mol. The van der Waals surface area contributed by atoms with Crippen molar-refractivity contribution in [3.8, 4) is 5.75 Å². The standard InChI is InChI=1S/C32H43FN6O2.C2H6/c1-32(2,3)13-15-38-18-16-37(17-19-38)14-7-8-20-41-29-12-11-24(21-26(29)33)31(40)39-23-25-22-34-36(4)30(25)35-27-9-5-6-10-28(27)39;1-2/h5-6,9-12,21-22,35H,7-8,13-20,23H2,1-4H3;1-2H3. The van der Waals surface area contributed by atoms with Crippen molar-refractivity contribution >= 4 is 23.1 Å². The second kappa shape index (κ2) is 14.8. The summed E-state index contributed by atoms with van der Waals surface area (Å²) in [5.74, 6) is 0.216. The number of hydrogen-bond acceptors (Lipinski definition) is 6. The lowest BCUT2D eigenvalue weighted by molar-refractivity contribution is 0.0985. The molecule has 9 heteroatoms. The van der Waals surface area contributed by atoms with E-state index in [2.05, 4.69) is 41.0 Å². The van der Waals surface area contributed by atoms with Crippen LogP contribution in [-0.2, 0) is 13.6 Å². The summed E-state index contributed by atoms with van der Waals surface area (Å²) in [6.45, 7) is 18.4. The van der Waals surface area contributed by atoms with Crippen LogP contribution in [0.2, 0.25) is 0 Å². The Balaban J connectivity index is 0.00000207. The van der Waals surface area contributed by atoms with E-state index in [0.29, 0.717) is 18.6 Å². The molecule has 0 saturated carbocycles. The van der Waals surface area contributed by atoms with Gasteiger partial charge in [0.05, 0.1) is 30.7 Å². The monoisotopic (exact) mass is 592 g/mol. The van der Waals surface area contributed by atoms with Crippen LogP contribution in [0.1, 0.15) is 69.8 Å². The van der Waals surface area contributed by atoms with Gasteiger partial charge in [-0.1, -0.05) is 46.8 Å². The van der Waals surface area contributed by atoms with E-state index < -0.39 is 5.82 Å². The number of unbranched alkanes of at least 4 members (excludes halogenated alkanes) is 1. The van der Waals surface area contributed by atoms with E-state index in [1.54, 1.807) is 27.9 Å². The summed E-state index contributed by atoms with van der Waals surface area (Å²) in [6.07, 6.45) is 4.85. The Morgan fingerprint density at radius 3 is 2.40 bits per heavy atom. The van der Waals surface area contributed by atoms with Crippen molar-refractivity contribution in [1.82, 2.24) is 19.6 Å². The van der Waals surface area contributed by atoms with Crippen LogP contribution in [0.15, 0.2) is 48.7 Å². The van der Waals surface area contributed by atoms with Gasteiger partial charge in [0.25, 0.3) is 5.91 Å². The highest BCUT2D eigenvalue weighted by Crippen LogP contribution is 2.36. The number of nitrogens with zero attached hydrogens (tertiary/aromatic N) is 5. The van der Waals surface area contributed by atoms with Crippen LogP contribution >= 0.6 is 0 Å². The third-order valence-corrected chi connectivity index (χ3v) is 7.98. The molecule has 0 bridgehead atoms. The lowest BCUT2D eigenvalue weighted by Crippen LogP contribution is -2.47. The van der Waals surface area contributed by atoms with E-state index in [-0.39, 0.29) is 17.2 Å². The lowest BCUT2D eigenvalue weighted by atomic mass is 9.92. The van der Waals surface area contributed by atoms with E-state index in [1.165, 1.54) is 19.0 Å². The van der Waals surface area contributed by atoms with Gasteiger partial charge in [-0.3, -0.25) is 9.48 Å². The number of aromatic nitrogens is 2. The van der Waals surface area contributed by atoms with Crippen molar-refractivity contribution < 1.29 is 13.9 Å². The Morgan fingerprint density at radius 1 is 1.00 bits per heavy atom. The van der Waals surface area contributed by atoms with Gasteiger partial charge in [-0.2, -0.15) is 5.10 Å². The highest BCUT2D eigenvalue weighted by atomic mass is 19.1. The average Bonchev–Trinajstić information content (AvgIpc) is 3.24. The van der Waals surface area contributed by atoms with Gasteiger partial charge >= 0.3 is 0 Å². The SMILES string of the molecule is CC.Cn1ncc2c1Nc1ccccc1N(C(=O)c1ccc(OCCCCN3CCN(CCC(C)(C)C)CC3)c(F)c1)C2. The van der Waals surface area contributed by atoms with Crippen LogP contribution in [0.5, 0.6) is 5.75 Å². The lowest BCUT2D eigenvalue weighted by Gasteiger charge is -2.36. The number of hydrogen-bond donors (Lipinski definition) is 1. The fourth-order valence-corrected chi connectivity index (χ4v) is 5.40. The summed E-state index contributed by atoms with van der Waals surface area (Å²) in [5.41, 5.74) is 3.08. The van der Waals surface area contributed by atoms with Gasteiger partial charge in [-0.05, 0) is 68.1 Å². The molecule has 1 fully saturated rings. The van der Waals surface area contributed by atoms with Gasteiger partial charge in [-0.15, -0.1) is 0 Å². The van der Waals surface area contributed by atoms with Gasteiger partial charge in [0, 0.05) is 44.4 Å². The third-order valence-electron chi connectivity index (χ3n) is 7.98. The summed E-state index contributed by atoms with van der Waals surface area (Å²) in [4.78, 5) is 20.3. The predicted octanol–water partition coefficient (Wildman–Crippen LogP) is 6.70. The largest absolute Gasteiger partial charge is 0.491 e. The maximum Gasteiger partial charge on any atom is 0.258 e. The van der Waals surface area contributed by atoms with Crippen LogP contribution in [0, 0.1) is 11.2 Å². The first-order valence-electron chi connectivity index (χ1n) is 15.7. The molecule has 0 atom stereocenters. The quantitative estimate of drug-likeness (QED) is 0.279. The molecule has 2 aliphatic rings. The Kier molecular flexibility index (Phi) is 11.2. The molecule has 0 spiro atoms. The number of para-hydroxylation sites is 2. The number of piperazine rings is 1. The minimum Gasteiger partial charge on any atom is -0.491 e. The predicted molar refractivity (Wildman–Crippen MR) is 173 cm³/mol. The first-order chi connectivity index (χ1) is 20.7. The van der Waals surface area contributed by atoms with Gasteiger partial charge in [-0.25, -0.2) is 4.39 Å². The summed E-state index contributed by atoms with van der Waals surface area (Å²) in [6, 6.07) is 12.1. The molecule has 8 nitrogen and oxygen atoms in total. The van der Waals surface area contributed by atoms with Crippen molar-refractivity contribution in [1.29, 1.82) is 0 Å². The second-order valence-corrected chi connectivity index (χ2v) is 12.4. The van der Waals surface area contributed by atoms with Crippen LogP contribution in [0.4, 0.5) is 21.6 Å². The zero-order valence-electron chi connectivity index (χ0n) is 26.8. The first-order valence-corrected chi connectivity index (χ1v) is 15.7. The van der Waals surface area contributed by atoms with Crippen molar-refractivity contribution in [3.63, 3.8) is 0 Å². The van der Waals surface area contributed by atoms with E-state index >= 15 is 4.39 Å². The molecule has 3 heterocycles. The van der Waals surface area contributed by atoms with Crippen molar-refractivity contribution in [2.75, 3.05) is 56.1 Å². The van der Waals surface area contributed by atoms with E-state index in [9.17, 15) is 4.79 Å². The molecule has 5 rings (SSSR count). The van der Waals surface area contributed by atoms with E-state index in [0.717, 1.165) is 68.3 Å². The summed E-state index contributed by atoms with van der Waals surface area (Å²) in [5, 5.41) is 7.71. The van der Waals surface area contributed by atoms with Crippen LogP contribution < -0.4 is 15.0 Å². The summed E-state index contributed by atoms with van der Waals surface area (Å²) >= 11 is 0. The molecule has 43 heavy (non-hydrogen) atoms. The number of anilines is 3. The molecule has 0 unspecified atom stereocenters. The maximum absolute atomic E-state index is 15.0. The van der Waals surface area contributed by atoms with Gasteiger partial charge < -0.3 is 24.8 Å². The molecule has 1 amide bonds. The second-order valence-electron chi connectivity index (χ2n) is 12.4. The Hall–Kier alpha value is -3.43. The van der Waals surface area contributed by atoms with Crippen LogP contribution in [-0.4, -0.2) is 71.4 Å². The molecular formula is C34H49FN6O2. The Labute approximate surface area is 256 Å². The Morgan fingerprint density at radius 2 is 1.70 bits per heavy atom. The molecule has 234 valence electrons. The minimum absolute atomic E-state index is 0.182. The number of carbonyl (C=O) groups is 1. The number of rotatable bonds is 9. The molecule has 0 aliphatic carbocycles. The minimum atomic E-state index is -0.523. The molecule has 1 saturated heterocycles. The number of carbonyl (C=O) groups excluding carboxylic acids is 1. The van der Waals surface area contributed by atoms with E-state index in [4.69, 9.17) is 4.74 Å². The van der Waals surface area contributed by atoms with Gasteiger partial charge in [0.2, 0.25) is 0 Å². The van der Waals surface area contributed by atoms with Crippen LogP contribution in [0.3, 0.4) is 0 Å². The van der Waals surface area contributed by atoms with Gasteiger partial charge in [0.15, 0.2) is 11.6 Å². The molecule has 1 aromatic heterocycles. The topological polar surface area (TPSA) is 65.9 Å². The van der Waals surface area contributed by atoms with Crippen molar-refractivity contribution in [2.45, 2.75) is 60.4 Å².